The van der Waals surface area contributed by atoms with Gasteiger partial charge in [0.25, 0.3) is 0 Å². The number of aliphatic hydroxyl groups excluding tert-OH is 1. The Balaban J connectivity index is 2.07. The first-order valence-electron chi connectivity index (χ1n) is 6.07. The standard InChI is InChI=1S/C12H25NO/c1-3-6-12(7-8-12)10-13-11(2)5-4-9-14/h11,13-14H,3-10H2,1-2H3. The van der Waals surface area contributed by atoms with Gasteiger partial charge in [0.15, 0.2) is 0 Å². The second-order valence-electron chi connectivity index (χ2n) is 4.90. The van der Waals surface area contributed by atoms with Gasteiger partial charge in [-0.2, -0.15) is 0 Å². The van der Waals surface area contributed by atoms with Crippen LogP contribution >= 0.6 is 0 Å². The molecule has 1 fully saturated rings. The summed E-state index contributed by atoms with van der Waals surface area (Å²) in [6.45, 7) is 6.01. The van der Waals surface area contributed by atoms with Crippen LogP contribution in [0, 0.1) is 5.41 Å². The smallest absolute Gasteiger partial charge is 0.0431 e. The Hall–Kier alpha value is -0.0800. The molecule has 0 aromatic rings. The van der Waals surface area contributed by atoms with Crippen molar-refractivity contribution in [1.29, 1.82) is 0 Å². The van der Waals surface area contributed by atoms with Gasteiger partial charge < -0.3 is 10.4 Å². The Kier molecular flexibility index (Phi) is 4.90. The van der Waals surface area contributed by atoms with Crippen LogP contribution < -0.4 is 5.32 Å². The summed E-state index contributed by atoms with van der Waals surface area (Å²) in [5, 5.41) is 12.3. The molecule has 0 aromatic carbocycles. The molecule has 0 spiro atoms. The SMILES string of the molecule is CCCC1(CNC(C)CCCO)CC1. The average molecular weight is 199 g/mol. The van der Waals surface area contributed by atoms with Crippen LogP contribution in [-0.2, 0) is 0 Å². The van der Waals surface area contributed by atoms with Crippen LogP contribution in [-0.4, -0.2) is 24.3 Å². The van der Waals surface area contributed by atoms with Crippen molar-refractivity contribution in [2.45, 2.75) is 58.4 Å². The predicted molar refractivity (Wildman–Crippen MR) is 60.4 cm³/mol. The Bertz CT molecular complexity index is 154. The third kappa shape index (κ3) is 3.97. The van der Waals surface area contributed by atoms with Gasteiger partial charge >= 0.3 is 0 Å². The minimum Gasteiger partial charge on any atom is -0.396 e. The van der Waals surface area contributed by atoms with Crippen molar-refractivity contribution in [3.63, 3.8) is 0 Å². The summed E-state index contributed by atoms with van der Waals surface area (Å²) in [6, 6.07) is 0.566. The van der Waals surface area contributed by atoms with Crippen molar-refractivity contribution in [3.05, 3.63) is 0 Å². The molecular weight excluding hydrogens is 174 g/mol. The van der Waals surface area contributed by atoms with E-state index in [1.807, 2.05) is 0 Å². The molecule has 2 heteroatoms. The number of hydrogen-bond donors (Lipinski definition) is 2. The van der Waals surface area contributed by atoms with E-state index in [1.165, 1.54) is 32.2 Å². The first kappa shape index (κ1) is 12.0. The van der Waals surface area contributed by atoms with Crippen molar-refractivity contribution in [2.75, 3.05) is 13.2 Å². The van der Waals surface area contributed by atoms with Gasteiger partial charge in [0.05, 0.1) is 0 Å². The molecule has 84 valence electrons. The summed E-state index contributed by atoms with van der Waals surface area (Å²) in [5.41, 5.74) is 0.655. The highest BCUT2D eigenvalue weighted by Gasteiger charge is 2.40. The molecular formula is C12H25NO. The average Bonchev–Trinajstić information content (AvgIpc) is 2.93. The summed E-state index contributed by atoms with van der Waals surface area (Å²) in [7, 11) is 0. The fourth-order valence-electron chi connectivity index (χ4n) is 2.11. The fourth-order valence-corrected chi connectivity index (χ4v) is 2.11. The van der Waals surface area contributed by atoms with Gasteiger partial charge in [-0.15, -0.1) is 0 Å². The molecule has 2 nitrogen and oxygen atoms in total. The quantitative estimate of drug-likeness (QED) is 0.629. The number of hydrogen-bond acceptors (Lipinski definition) is 2. The second kappa shape index (κ2) is 5.72. The topological polar surface area (TPSA) is 32.3 Å². The summed E-state index contributed by atoms with van der Waals surface area (Å²) in [4.78, 5) is 0. The van der Waals surface area contributed by atoms with Crippen molar-refractivity contribution in [1.82, 2.24) is 5.32 Å². The van der Waals surface area contributed by atoms with Gasteiger partial charge in [-0.3, -0.25) is 0 Å². The number of nitrogens with one attached hydrogen (secondary N) is 1. The van der Waals surface area contributed by atoms with Crippen molar-refractivity contribution in [2.24, 2.45) is 5.41 Å². The summed E-state index contributed by atoms with van der Waals surface area (Å²) >= 11 is 0. The molecule has 1 aliphatic carbocycles. The zero-order valence-electron chi connectivity index (χ0n) is 9.68. The molecule has 2 N–H and O–H groups in total. The highest BCUT2D eigenvalue weighted by Crippen LogP contribution is 2.48. The molecule has 1 rings (SSSR count). The van der Waals surface area contributed by atoms with Gasteiger partial charge in [-0.25, -0.2) is 0 Å². The zero-order valence-corrected chi connectivity index (χ0v) is 9.68. The molecule has 1 aliphatic rings. The molecule has 0 bridgehead atoms. The Morgan fingerprint density at radius 1 is 1.43 bits per heavy atom. The van der Waals surface area contributed by atoms with Crippen molar-refractivity contribution >= 4 is 0 Å². The van der Waals surface area contributed by atoms with Crippen LogP contribution in [0.5, 0.6) is 0 Å². The molecule has 0 amide bonds. The molecule has 14 heavy (non-hydrogen) atoms. The molecule has 1 saturated carbocycles. The van der Waals surface area contributed by atoms with E-state index in [4.69, 9.17) is 5.11 Å². The Morgan fingerprint density at radius 2 is 2.14 bits per heavy atom. The third-order valence-electron chi connectivity index (χ3n) is 3.36. The van der Waals surface area contributed by atoms with Gasteiger partial charge in [0.2, 0.25) is 0 Å². The number of aliphatic hydroxyl groups is 1. The van der Waals surface area contributed by atoms with E-state index in [0.717, 1.165) is 12.8 Å². The molecule has 0 aromatic heterocycles. The first-order valence-corrected chi connectivity index (χ1v) is 6.07. The lowest BCUT2D eigenvalue weighted by molar-refractivity contribution is 0.273. The van der Waals surface area contributed by atoms with E-state index in [2.05, 4.69) is 19.2 Å². The highest BCUT2D eigenvalue weighted by molar-refractivity contribution is 4.94. The minimum absolute atomic E-state index is 0.326. The molecule has 0 heterocycles. The van der Waals surface area contributed by atoms with Crippen LogP contribution in [0.3, 0.4) is 0 Å². The molecule has 0 aliphatic heterocycles. The van der Waals surface area contributed by atoms with E-state index in [0.29, 0.717) is 18.1 Å². The zero-order chi connectivity index (χ0) is 10.4. The first-order chi connectivity index (χ1) is 6.72. The van der Waals surface area contributed by atoms with Gasteiger partial charge in [-0.05, 0) is 44.4 Å². The maximum Gasteiger partial charge on any atom is 0.0431 e. The normalized spacial score (nSPS) is 20.8. The lowest BCUT2D eigenvalue weighted by Gasteiger charge is -2.19. The molecule has 0 saturated heterocycles. The monoisotopic (exact) mass is 199 g/mol. The highest BCUT2D eigenvalue weighted by atomic mass is 16.2. The summed E-state index contributed by atoms with van der Waals surface area (Å²) in [5.74, 6) is 0. The minimum atomic E-state index is 0.326. The van der Waals surface area contributed by atoms with Crippen LogP contribution in [0.1, 0.15) is 52.4 Å². The molecule has 1 atom stereocenters. The van der Waals surface area contributed by atoms with E-state index >= 15 is 0 Å². The van der Waals surface area contributed by atoms with E-state index in [-0.39, 0.29) is 0 Å². The van der Waals surface area contributed by atoms with E-state index in [9.17, 15) is 0 Å². The van der Waals surface area contributed by atoms with Crippen LogP contribution in [0.4, 0.5) is 0 Å². The Morgan fingerprint density at radius 3 is 2.64 bits per heavy atom. The van der Waals surface area contributed by atoms with Crippen molar-refractivity contribution in [3.8, 4) is 0 Å². The summed E-state index contributed by atoms with van der Waals surface area (Å²) < 4.78 is 0. The van der Waals surface area contributed by atoms with Crippen LogP contribution in [0.25, 0.3) is 0 Å². The van der Waals surface area contributed by atoms with Gasteiger partial charge in [0.1, 0.15) is 0 Å². The maximum atomic E-state index is 8.71. The van der Waals surface area contributed by atoms with Gasteiger partial charge in [-0.1, -0.05) is 13.3 Å². The lowest BCUT2D eigenvalue weighted by Crippen LogP contribution is -2.32. The third-order valence-corrected chi connectivity index (χ3v) is 3.36. The number of rotatable bonds is 8. The van der Waals surface area contributed by atoms with Crippen LogP contribution in [0.15, 0.2) is 0 Å². The maximum absolute atomic E-state index is 8.71. The van der Waals surface area contributed by atoms with Crippen LogP contribution in [0.2, 0.25) is 0 Å². The van der Waals surface area contributed by atoms with E-state index in [1.54, 1.807) is 0 Å². The predicted octanol–water partition coefficient (Wildman–Crippen LogP) is 2.32. The fraction of sp³-hybridized carbons (Fsp3) is 1.00. The summed E-state index contributed by atoms with van der Waals surface area (Å²) in [6.07, 6.45) is 7.55. The Labute approximate surface area is 88.1 Å². The lowest BCUT2D eigenvalue weighted by atomic mass is 10.00. The van der Waals surface area contributed by atoms with E-state index < -0.39 is 0 Å². The second-order valence-corrected chi connectivity index (χ2v) is 4.90. The van der Waals surface area contributed by atoms with Crippen molar-refractivity contribution < 1.29 is 5.11 Å². The largest absolute Gasteiger partial charge is 0.396 e. The molecule has 0 radical (unpaired) electrons. The molecule has 1 unspecified atom stereocenters. The van der Waals surface area contributed by atoms with Gasteiger partial charge in [0, 0.05) is 19.2 Å².